The second-order valence-corrected chi connectivity index (χ2v) is 17.4. The Balaban J connectivity index is 0.000000129. The van der Waals surface area contributed by atoms with Crippen LogP contribution in [0.5, 0.6) is 17.2 Å². The molecular weight excluding hydrogens is 1020 g/mol. The van der Waals surface area contributed by atoms with Gasteiger partial charge < -0.3 is 34.1 Å². The number of H-pyrrole nitrogens is 4. The molecule has 4 aromatic heterocycles. The summed E-state index contributed by atoms with van der Waals surface area (Å²) in [4.78, 5) is 30.1. The zero-order valence-electron chi connectivity index (χ0n) is 43.4. The van der Waals surface area contributed by atoms with Gasteiger partial charge in [0, 0.05) is 75.4 Å². The van der Waals surface area contributed by atoms with Gasteiger partial charge in [0.05, 0.1) is 43.6 Å². The average molecular weight is 1080 g/mol. The van der Waals surface area contributed by atoms with Gasteiger partial charge in [0.2, 0.25) is 0 Å². The molecule has 0 saturated heterocycles. The average Bonchev–Trinajstić information content (AvgIpc) is 4.37. The topological polar surface area (TPSA) is 142 Å². The van der Waals surface area contributed by atoms with E-state index in [1.165, 1.54) is 56.7 Å². The van der Waals surface area contributed by atoms with Crippen LogP contribution < -0.4 is 14.2 Å². The number of nitrogens with one attached hydrogen (secondary N) is 4. The maximum atomic E-state index is 14.1. The lowest BCUT2D eigenvalue weighted by atomic mass is 10.1. The summed E-state index contributed by atoms with van der Waals surface area (Å²) in [5.74, 6) is 2.12. The Kier molecular flexibility index (Phi) is 17.8. The highest BCUT2D eigenvalue weighted by Crippen LogP contribution is 2.30. The minimum atomic E-state index is -0.443. The number of aromatic amines is 4. The van der Waals surface area contributed by atoms with Crippen molar-refractivity contribution in [3.63, 3.8) is 0 Å². The largest absolute Gasteiger partial charge is 0.494 e. The summed E-state index contributed by atoms with van der Waals surface area (Å²) in [6, 6.07) is 56.0. The lowest BCUT2D eigenvalue weighted by molar-refractivity contribution is 0.338. The fourth-order valence-electron chi connectivity index (χ4n) is 8.09. The lowest BCUT2D eigenvalue weighted by Crippen LogP contribution is -1.93. The van der Waals surface area contributed by atoms with Crippen molar-refractivity contribution in [3.05, 3.63) is 248 Å². The first-order valence-corrected chi connectivity index (χ1v) is 25.1. The Bertz CT molecular complexity index is 3890. The number of methoxy groups -OCH3 is 2. The van der Waals surface area contributed by atoms with E-state index in [1.807, 2.05) is 104 Å². The minimum Gasteiger partial charge on any atom is -0.494 e. The summed E-state index contributed by atoms with van der Waals surface area (Å²) in [6.07, 6.45) is 6.99. The third-order valence-electron chi connectivity index (χ3n) is 12.1. The molecule has 11 nitrogen and oxygen atoms in total. The Labute approximate surface area is 457 Å². The molecule has 12 aromatic rings. The van der Waals surface area contributed by atoms with Crippen molar-refractivity contribution in [2.75, 3.05) is 20.8 Å². The van der Waals surface area contributed by atoms with E-state index >= 15 is 0 Å². The molecule has 0 saturated carbocycles. The highest BCUT2D eigenvalue weighted by Gasteiger charge is 2.14. The molecule has 80 heavy (non-hydrogen) atoms. The van der Waals surface area contributed by atoms with Gasteiger partial charge in [0.25, 0.3) is 0 Å². The molecule has 0 fully saturated rings. The van der Waals surface area contributed by atoms with Crippen LogP contribution in [0.1, 0.15) is 6.92 Å². The monoisotopic (exact) mass is 1070 g/mol. The van der Waals surface area contributed by atoms with Crippen molar-refractivity contribution in [2.45, 2.75) is 6.92 Å². The van der Waals surface area contributed by atoms with E-state index in [9.17, 15) is 22.0 Å². The van der Waals surface area contributed by atoms with Gasteiger partial charge in [-0.05, 0) is 104 Å². The Morgan fingerprint density at radius 1 is 0.350 bits per heavy atom. The first-order chi connectivity index (χ1) is 39.0. The highest BCUT2D eigenvalue weighted by molar-refractivity contribution is 5.68. The molecule has 400 valence electrons. The summed E-state index contributed by atoms with van der Waals surface area (Å²) in [5.41, 5.74) is 9.15. The number of halogens is 5. The van der Waals surface area contributed by atoms with Crippen molar-refractivity contribution in [1.82, 2.24) is 39.9 Å². The molecule has 0 amide bonds. The van der Waals surface area contributed by atoms with Gasteiger partial charge >= 0.3 is 0 Å². The smallest absolute Gasteiger partial charge is 0.165 e. The summed E-state index contributed by atoms with van der Waals surface area (Å²) in [7, 11) is 2.86. The number of rotatable bonds is 12. The zero-order valence-corrected chi connectivity index (χ0v) is 43.4. The van der Waals surface area contributed by atoms with Crippen LogP contribution in [-0.2, 0) is 0 Å². The summed E-state index contributed by atoms with van der Waals surface area (Å²) >= 11 is 0. The number of ether oxygens (including phenoxy) is 3. The molecule has 0 radical (unpaired) electrons. The Morgan fingerprint density at radius 2 is 0.700 bits per heavy atom. The van der Waals surface area contributed by atoms with Crippen molar-refractivity contribution >= 4 is 0 Å². The van der Waals surface area contributed by atoms with Crippen LogP contribution in [0.4, 0.5) is 22.0 Å². The predicted molar refractivity (Wildman–Crippen MR) is 302 cm³/mol. The van der Waals surface area contributed by atoms with Crippen molar-refractivity contribution < 1.29 is 36.2 Å². The summed E-state index contributed by atoms with van der Waals surface area (Å²) in [5, 5.41) is 0. The molecule has 16 heteroatoms. The van der Waals surface area contributed by atoms with Crippen molar-refractivity contribution in [3.8, 4) is 108 Å². The molecule has 0 aliphatic rings. The normalized spacial score (nSPS) is 10.6. The van der Waals surface area contributed by atoms with E-state index in [0.717, 1.165) is 51.0 Å². The van der Waals surface area contributed by atoms with Gasteiger partial charge in [-0.15, -0.1) is 0 Å². The second kappa shape index (κ2) is 26.1. The highest BCUT2D eigenvalue weighted by atomic mass is 19.1. The fourth-order valence-corrected chi connectivity index (χ4v) is 8.09. The molecule has 0 unspecified atom stereocenters. The van der Waals surface area contributed by atoms with Gasteiger partial charge in [-0.3, -0.25) is 0 Å². The van der Waals surface area contributed by atoms with Crippen molar-refractivity contribution in [2.24, 2.45) is 0 Å². The molecule has 4 N–H and O–H groups in total. The van der Waals surface area contributed by atoms with Gasteiger partial charge in [-0.1, -0.05) is 91.0 Å². The van der Waals surface area contributed by atoms with Crippen LogP contribution in [0.25, 0.3) is 90.6 Å². The molecule has 0 atom stereocenters. The van der Waals surface area contributed by atoms with E-state index in [2.05, 4.69) is 39.9 Å². The van der Waals surface area contributed by atoms with Crippen LogP contribution >= 0.6 is 0 Å². The molecule has 0 aliphatic heterocycles. The molecule has 12 rings (SSSR count). The van der Waals surface area contributed by atoms with E-state index < -0.39 is 11.6 Å². The number of benzene rings is 8. The molecule has 0 aliphatic carbocycles. The van der Waals surface area contributed by atoms with E-state index in [1.54, 1.807) is 79.3 Å². The van der Waals surface area contributed by atoms with Crippen LogP contribution in [0.15, 0.2) is 219 Å². The number of hydrogen-bond acceptors (Lipinski definition) is 7. The molecule has 8 aromatic carbocycles. The fraction of sp³-hybridized carbons (Fsp3) is 0.0625. The third kappa shape index (κ3) is 13.8. The Morgan fingerprint density at radius 3 is 1.07 bits per heavy atom. The quantitative estimate of drug-likeness (QED) is 0.0893. The third-order valence-corrected chi connectivity index (χ3v) is 12.1. The maximum Gasteiger partial charge on any atom is 0.165 e. The van der Waals surface area contributed by atoms with Crippen LogP contribution in [0.3, 0.4) is 0 Å². The molecule has 0 bridgehead atoms. The number of imidazole rings is 4. The van der Waals surface area contributed by atoms with Gasteiger partial charge in [0.15, 0.2) is 23.1 Å². The van der Waals surface area contributed by atoms with Crippen LogP contribution in [-0.4, -0.2) is 60.7 Å². The van der Waals surface area contributed by atoms with Gasteiger partial charge in [-0.2, -0.15) is 0 Å². The number of hydrogen-bond donors (Lipinski definition) is 4. The van der Waals surface area contributed by atoms with E-state index in [4.69, 9.17) is 14.2 Å². The summed E-state index contributed by atoms with van der Waals surface area (Å²) < 4.78 is 82.4. The molecule has 4 heterocycles. The van der Waals surface area contributed by atoms with Gasteiger partial charge in [-0.25, -0.2) is 41.9 Å². The molecule has 0 spiro atoms. The van der Waals surface area contributed by atoms with Crippen molar-refractivity contribution in [1.29, 1.82) is 0 Å². The SMILES string of the molecule is CCOc1ccc(-c2c[nH]c(-c3ccccc3)n2)c(F)c1.COc1ccc(-c2c[nH]c(-c3ccc(F)cc3)n2)cc1F.COc1ccc(-c2c[nH]c(-c3ccccc3)n2)cc1F.Fc1ccc(-c2c[nH]c(-c3ccccc3)n2)cc1. The Hall–Kier alpha value is -10.4. The lowest BCUT2D eigenvalue weighted by Gasteiger charge is -2.05. The van der Waals surface area contributed by atoms with Gasteiger partial charge in [0.1, 0.15) is 46.5 Å². The predicted octanol–water partition coefficient (Wildman–Crippen LogP) is 16.1. The van der Waals surface area contributed by atoms with E-state index in [0.29, 0.717) is 52.0 Å². The zero-order chi connectivity index (χ0) is 55.8. The van der Waals surface area contributed by atoms with Crippen LogP contribution in [0, 0.1) is 29.1 Å². The summed E-state index contributed by atoms with van der Waals surface area (Å²) in [6.45, 7) is 2.38. The standard InChI is InChI=1S/C17H15FN2O.C16H12F2N2O.C16H13FN2O.C15H11FN2/c1-2-21-13-8-9-14(15(18)10-13)16-11-19-17(20-16)12-6-4-3-5-7-12;1-21-15-7-4-11(8-13(15)18)14-9-19-16(20-14)10-2-5-12(17)6-3-10;1-20-15-8-7-12(9-13(15)17)14-10-18-16(19-14)11-5-3-2-4-6-11;16-13-8-6-11(7-9-13)14-10-17-15(18-14)12-4-2-1-3-5-12/h3-11H,2H2,1H3,(H,19,20);2-9H,1H3,(H,19,20);2-10H,1H3,(H,18,19);1-10H,(H,17,18). The first kappa shape index (κ1) is 54.4. The van der Waals surface area contributed by atoms with E-state index in [-0.39, 0.29) is 29.0 Å². The number of nitrogens with zero attached hydrogens (tertiary/aromatic N) is 4. The maximum absolute atomic E-state index is 14.1. The minimum absolute atomic E-state index is 0.188. The first-order valence-electron chi connectivity index (χ1n) is 25.1. The molecular formula is C64H51F5N8O3. The number of aromatic nitrogens is 8. The second-order valence-electron chi connectivity index (χ2n) is 17.4. The van der Waals surface area contributed by atoms with Crippen LogP contribution in [0.2, 0.25) is 0 Å².